The van der Waals surface area contributed by atoms with Gasteiger partial charge in [-0.05, 0) is 294 Å². The summed E-state index contributed by atoms with van der Waals surface area (Å²) in [6, 6.07) is 118. The van der Waals surface area contributed by atoms with Gasteiger partial charge in [-0.15, -0.1) is 0 Å². The molecule has 0 bridgehead atoms. The fourth-order valence-electron chi connectivity index (χ4n) is 16.2. The summed E-state index contributed by atoms with van der Waals surface area (Å²) in [5.74, 6) is 0.624. The smallest absolute Gasteiger partial charge is 0.344 e. The number of fused-ring (bicyclic) bond motifs is 5. The zero-order valence-electron chi connectivity index (χ0n) is 95.8. The highest BCUT2D eigenvalue weighted by molar-refractivity contribution is 5.99. The first-order chi connectivity index (χ1) is 71.9. The third-order valence-corrected chi connectivity index (χ3v) is 24.9. The van der Waals surface area contributed by atoms with E-state index >= 15 is 0 Å². The summed E-state index contributed by atoms with van der Waals surface area (Å²) in [4.78, 5) is 37.0. The van der Waals surface area contributed by atoms with Gasteiger partial charge in [0.05, 0.1) is 16.5 Å². The van der Waals surface area contributed by atoms with E-state index in [9.17, 15) is 14.4 Å². The van der Waals surface area contributed by atoms with E-state index in [0.29, 0.717) is 33.4 Å². The quantitative estimate of drug-likeness (QED) is 0.0496. The SMILES string of the molecule is CC.CC.CC.CC.CC.CC.CC.CC.CC.CCc1ccc(-c2cc(=O)c3cc(CC)ccc3o2)cc1.CCc1ccc(-c2cc3cc(CC)cc(CC)c3oc2=O)cc1.CCc1ccc(-c2cc3ccc(CC)cc3oc2=O)cc1.CCc1ccc(-c2ccc(-c3ccc(CC)cc3)cc2)cc1.CCc1ccc(Cc2ccc(Cc3ccc(CC)cc3)cc2)cc1.CCc1ccc2cc3cc(CC)ccc3cc2c1. The highest BCUT2D eigenvalue weighted by atomic mass is 16.4. The van der Waals surface area contributed by atoms with Gasteiger partial charge in [0, 0.05) is 22.4 Å². The Kier molecular flexibility index (Phi) is 60.8. The van der Waals surface area contributed by atoms with Gasteiger partial charge in [0.2, 0.25) is 0 Å². The second-order valence-electron chi connectivity index (χ2n) is 33.4. The van der Waals surface area contributed by atoms with Gasteiger partial charge in [-0.25, -0.2) is 9.59 Å². The zero-order chi connectivity index (χ0) is 109. The Morgan fingerprint density at radius 1 is 0.170 bits per heavy atom. The maximum atomic E-state index is 12.4. The molecule has 0 atom stereocenters. The fraction of sp³-hybridized carbons (Fsp3) is 0.326. The Labute approximate surface area is 887 Å². The number of hydrogen-bond donors (Lipinski definition) is 0. The van der Waals surface area contributed by atoms with Crippen molar-refractivity contribution in [2.45, 2.75) is 311 Å². The molecule has 0 spiro atoms. The molecule has 0 fully saturated rings. The molecule has 18 aromatic rings. The van der Waals surface area contributed by atoms with Crippen LogP contribution in [0.4, 0.5) is 0 Å². The van der Waals surface area contributed by atoms with E-state index in [4.69, 9.17) is 13.3 Å². The molecule has 0 aliphatic rings. The lowest BCUT2D eigenvalue weighted by atomic mass is 9.98. The van der Waals surface area contributed by atoms with Gasteiger partial charge in [-0.3, -0.25) is 4.79 Å². The largest absolute Gasteiger partial charge is 0.456 e. The molecule has 3 heterocycles. The second-order valence-corrected chi connectivity index (χ2v) is 33.4. The van der Waals surface area contributed by atoms with Crippen molar-refractivity contribution in [1.82, 2.24) is 0 Å². The predicted octanol–water partition coefficient (Wildman–Crippen LogP) is 40.8. The first-order valence-corrected chi connectivity index (χ1v) is 55.9. The van der Waals surface area contributed by atoms with E-state index in [1.807, 2.05) is 203 Å². The van der Waals surface area contributed by atoms with Crippen LogP contribution in [0, 0.1) is 0 Å². The zero-order valence-corrected chi connectivity index (χ0v) is 95.8. The van der Waals surface area contributed by atoms with Gasteiger partial charge in [0.25, 0.3) is 0 Å². The van der Waals surface area contributed by atoms with Crippen molar-refractivity contribution in [3.05, 3.63) is 459 Å². The summed E-state index contributed by atoms with van der Waals surface area (Å²) >= 11 is 0. The van der Waals surface area contributed by atoms with E-state index in [1.54, 1.807) is 6.07 Å². The van der Waals surface area contributed by atoms with Gasteiger partial charge < -0.3 is 13.3 Å². The molecule has 6 heteroatoms. The number of benzene rings is 15. The van der Waals surface area contributed by atoms with Crippen LogP contribution in [0.15, 0.2) is 361 Å². The van der Waals surface area contributed by atoms with Crippen molar-refractivity contribution in [1.29, 1.82) is 0 Å². The summed E-state index contributed by atoms with van der Waals surface area (Å²) in [6.07, 6.45) is 15.3. The molecule has 0 saturated carbocycles. The van der Waals surface area contributed by atoms with Gasteiger partial charge in [0.1, 0.15) is 22.5 Å². The van der Waals surface area contributed by atoms with Crippen LogP contribution >= 0.6 is 0 Å². The molecule has 778 valence electrons. The van der Waals surface area contributed by atoms with Crippen LogP contribution in [0.3, 0.4) is 0 Å². The van der Waals surface area contributed by atoms with Gasteiger partial charge in [0.15, 0.2) is 5.43 Å². The highest BCUT2D eigenvalue weighted by Gasteiger charge is 2.15. The molecule has 0 aliphatic heterocycles. The predicted molar refractivity (Wildman–Crippen MR) is 652 cm³/mol. The van der Waals surface area contributed by atoms with Crippen LogP contribution in [0.2, 0.25) is 0 Å². The van der Waals surface area contributed by atoms with Crippen LogP contribution in [-0.2, 0) is 96.3 Å². The number of hydrogen-bond acceptors (Lipinski definition) is 6. The average Bonchev–Trinajstić information content (AvgIpc) is 0.789. The maximum Gasteiger partial charge on any atom is 0.344 e. The third-order valence-electron chi connectivity index (χ3n) is 24.9. The van der Waals surface area contributed by atoms with Gasteiger partial charge in [-0.2, -0.15) is 0 Å². The van der Waals surface area contributed by atoms with Crippen LogP contribution in [-0.4, -0.2) is 0 Å². The Hall–Kier alpha value is -13.6. The molecule has 0 aliphatic carbocycles. The number of aryl methyl sites for hydroxylation is 13. The minimum Gasteiger partial charge on any atom is -0.456 e. The van der Waals surface area contributed by atoms with Gasteiger partial charge in [-0.1, -0.05) is 494 Å². The van der Waals surface area contributed by atoms with Crippen molar-refractivity contribution >= 4 is 54.5 Å². The summed E-state index contributed by atoms with van der Waals surface area (Å²) in [6.45, 7) is 63.9. The molecule has 147 heavy (non-hydrogen) atoms. The number of rotatable bonds is 22. The summed E-state index contributed by atoms with van der Waals surface area (Å²) in [5, 5.41) is 8.01. The van der Waals surface area contributed by atoms with Crippen molar-refractivity contribution in [2.75, 3.05) is 0 Å². The van der Waals surface area contributed by atoms with Gasteiger partial charge >= 0.3 is 11.3 Å². The summed E-state index contributed by atoms with van der Waals surface area (Å²) < 4.78 is 17.1. The molecule has 0 N–H and O–H groups in total. The van der Waals surface area contributed by atoms with E-state index < -0.39 is 0 Å². The van der Waals surface area contributed by atoms with E-state index in [-0.39, 0.29) is 16.7 Å². The first kappa shape index (κ1) is 126. The monoisotopic (exact) mass is 1970 g/mol. The van der Waals surface area contributed by atoms with Crippen LogP contribution in [0.1, 0.15) is 309 Å². The molecule has 0 unspecified atom stereocenters. The van der Waals surface area contributed by atoms with Crippen LogP contribution < -0.4 is 16.7 Å². The molecule has 6 nitrogen and oxygen atoms in total. The van der Waals surface area contributed by atoms with Crippen molar-refractivity contribution in [2.24, 2.45) is 0 Å². The molecular formula is C141H178O6. The molecular weight excluding hydrogens is 1790 g/mol. The Morgan fingerprint density at radius 3 is 0.748 bits per heavy atom. The normalized spacial score (nSPS) is 9.95. The lowest BCUT2D eigenvalue weighted by molar-refractivity contribution is 0.559. The van der Waals surface area contributed by atoms with Crippen molar-refractivity contribution < 1.29 is 13.3 Å². The highest BCUT2D eigenvalue weighted by Crippen LogP contribution is 2.32. The van der Waals surface area contributed by atoms with Crippen LogP contribution in [0.5, 0.6) is 0 Å². The standard InChI is InChI=1S/C24H26.C22H22.C21H22O2.2C19H18O2.C18H18.9C2H6/c1-3-19-5-9-21(10-6-19)17-23-13-15-24(16-14-23)18-22-11-7-20(4-2)8-12-22;1-3-17-5-9-19(10-6-17)21-13-15-22(16-14-21)20-11-7-18(4-2)8-12-20;1-4-14-7-9-17(10-8-14)19-13-18-12-15(5-2)11-16(6-3)20(18)23-21(19)22;1-3-13-5-8-15(9-6-13)19-12-17(20)16-11-14(4-2)7-10-18(16)21-19;1-3-13-5-8-15(9-6-13)17-12-16-10-7-14(4-2)11-18(16)21-19(17)20;1-3-13-5-7-15-12-18-10-14(4-2)6-8-16(18)11-17(15)9-13;9*1-2/h5-16H,3-4,17-18H2,1-2H3;5-16H,3-4H2,1-2H3;7-13H,4-6H2,1-3H3;2*5-12H,3-4H2,1-2H3;5-12H,3-4H2,1-2H3;9*1-2H3. The summed E-state index contributed by atoms with van der Waals surface area (Å²) in [5.41, 5.74) is 33.1. The van der Waals surface area contributed by atoms with Crippen molar-refractivity contribution in [3.63, 3.8) is 0 Å². The van der Waals surface area contributed by atoms with E-state index in [2.05, 4.69) is 339 Å². The summed E-state index contributed by atoms with van der Waals surface area (Å²) in [7, 11) is 0. The fourth-order valence-corrected chi connectivity index (χ4v) is 16.2. The topological polar surface area (TPSA) is 90.6 Å². The van der Waals surface area contributed by atoms with E-state index in [0.717, 1.165) is 140 Å². The molecule has 18 rings (SSSR count). The lowest BCUT2D eigenvalue weighted by Gasteiger charge is -2.09. The van der Waals surface area contributed by atoms with E-state index in [1.165, 1.54) is 127 Å². The Bertz CT molecular complexity index is 6690. The van der Waals surface area contributed by atoms with Crippen molar-refractivity contribution in [3.8, 4) is 55.8 Å². The maximum absolute atomic E-state index is 12.4. The molecule has 3 aromatic heterocycles. The average molecular weight is 1970 g/mol. The first-order valence-electron chi connectivity index (χ1n) is 55.9. The molecule has 0 radical (unpaired) electrons. The lowest BCUT2D eigenvalue weighted by Crippen LogP contribution is -2.04. The Morgan fingerprint density at radius 2 is 0.422 bits per heavy atom. The molecule has 0 saturated heterocycles. The van der Waals surface area contributed by atoms with Crippen LogP contribution in [0.25, 0.3) is 110 Å². The molecule has 0 amide bonds. The Balaban J connectivity index is 0.000000356. The third kappa shape index (κ3) is 38.3. The minimum absolute atomic E-state index is 0.0149. The second kappa shape index (κ2) is 71.1. The molecule has 15 aromatic carbocycles. The minimum atomic E-state index is -0.278.